The molecule has 1 heterocycles. The van der Waals surface area contributed by atoms with Crippen molar-refractivity contribution in [2.45, 2.75) is 31.7 Å². The van der Waals surface area contributed by atoms with Crippen LogP contribution in [0.15, 0.2) is 53.5 Å². The average Bonchev–Trinajstić information content (AvgIpc) is 3.03. The van der Waals surface area contributed by atoms with Crippen LogP contribution in [0.4, 0.5) is 13.2 Å². The number of hydrogen-bond donors (Lipinski definition) is 1. The molecule has 170 valence electrons. The third-order valence-electron chi connectivity index (χ3n) is 5.23. The van der Waals surface area contributed by atoms with E-state index in [2.05, 4.69) is 4.99 Å². The first-order valence-electron chi connectivity index (χ1n) is 9.62. The van der Waals surface area contributed by atoms with E-state index in [4.69, 9.17) is 9.47 Å². The average molecular weight is 449 g/mol. The molecule has 32 heavy (non-hydrogen) atoms. The van der Waals surface area contributed by atoms with Gasteiger partial charge in [0, 0.05) is 5.56 Å². The van der Waals surface area contributed by atoms with E-state index < -0.39 is 29.7 Å². The summed E-state index contributed by atoms with van der Waals surface area (Å²) in [6.45, 7) is 2.89. The second kappa shape index (κ2) is 8.52. The van der Waals surface area contributed by atoms with Crippen molar-refractivity contribution in [3.63, 3.8) is 0 Å². The van der Waals surface area contributed by atoms with E-state index in [1.165, 1.54) is 39.3 Å². The monoisotopic (exact) mass is 449 g/mol. The Balaban J connectivity index is 1.98. The summed E-state index contributed by atoms with van der Waals surface area (Å²) < 4.78 is 52.8. The van der Waals surface area contributed by atoms with Gasteiger partial charge < -0.3 is 14.8 Å². The molecule has 1 N–H and O–H groups in total. The zero-order chi connectivity index (χ0) is 23.7. The third-order valence-corrected chi connectivity index (χ3v) is 5.23. The molecular weight excluding hydrogens is 427 g/mol. The van der Waals surface area contributed by atoms with Gasteiger partial charge >= 0.3 is 11.8 Å². The molecule has 2 atom stereocenters. The topological polar surface area (TPSA) is 80.2 Å². The van der Waals surface area contributed by atoms with Crippen LogP contribution in [-0.2, 0) is 4.79 Å². The largest absolute Gasteiger partial charge is 0.493 e. The van der Waals surface area contributed by atoms with E-state index in [0.29, 0.717) is 11.3 Å². The molecule has 2 aromatic carbocycles. The molecule has 7 nitrogen and oxygen atoms in total. The van der Waals surface area contributed by atoms with Crippen LogP contribution < -0.4 is 14.8 Å². The first-order chi connectivity index (χ1) is 15.1. The number of nitrogens with zero attached hydrogens (tertiary/aromatic N) is 2. The van der Waals surface area contributed by atoms with Crippen molar-refractivity contribution in [3.8, 4) is 11.5 Å². The van der Waals surface area contributed by atoms with Crippen LogP contribution in [0.3, 0.4) is 0 Å². The summed E-state index contributed by atoms with van der Waals surface area (Å²) in [6, 6.07) is 11.7. The molecule has 0 spiro atoms. The number of carbonyl (C=O) groups is 2. The molecular formula is C22H22F3N3O4. The maximum atomic E-state index is 14.2. The lowest BCUT2D eigenvalue weighted by molar-refractivity contribution is -0.196. The van der Waals surface area contributed by atoms with Crippen LogP contribution in [0.25, 0.3) is 0 Å². The summed E-state index contributed by atoms with van der Waals surface area (Å²) in [7, 11) is 2.71. The fraction of sp³-hybridized carbons (Fsp3) is 0.318. The van der Waals surface area contributed by atoms with Gasteiger partial charge in [0.25, 0.3) is 11.8 Å². The van der Waals surface area contributed by atoms with Gasteiger partial charge in [-0.25, -0.2) is 4.99 Å². The maximum Gasteiger partial charge on any atom is 0.442 e. The molecule has 1 aliphatic rings. The predicted molar refractivity (Wildman–Crippen MR) is 111 cm³/mol. The van der Waals surface area contributed by atoms with Crippen molar-refractivity contribution in [3.05, 3.63) is 59.7 Å². The standard InChI is InChI=1S/C22H22F3N3O4/c1-13(15-8-6-5-7-9-15)28-14(2)26-21(20(28)30,22(23,24)25)27-19(29)16-10-11-17(31-3)18(12-16)32-4/h5-13H,1-4H3,(H,27,29). The number of methoxy groups -OCH3 is 2. The molecule has 0 aliphatic carbocycles. The Kier molecular flexibility index (Phi) is 6.16. The number of carbonyl (C=O) groups excluding carboxylic acids is 2. The van der Waals surface area contributed by atoms with Gasteiger partial charge in [0.1, 0.15) is 5.84 Å². The van der Waals surface area contributed by atoms with E-state index in [1.54, 1.807) is 37.3 Å². The predicted octanol–water partition coefficient (Wildman–Crippen LogP) is 3.71. The van der Waals surface area contributed by atoms with E-state index in [1.807, 2.05) is 5.32 Å². The van der Waals surface area contributed by atoms with Crippen molar-refractivity contribution >= 4 is 17.6 Å². The van der Waals surface area contributed by atoms with Crippen molar-refractivity contribution in [1.29, 1.82) is 0 Å². The second-order valence-electron chi connectivity index (χ2n) is 7.15. The van der Waals surface area contributed by atoms with Crippen LogP contribution >= 0.6 is 0 Å². The fourth-order valence-electron chi connectivity index (χ4n) is 3.55. The molecule has 0 fully saturated rings. The Morgan fingerprint density at radius 1 is 1.09 bits per heavy atom. The van der Waals surface area contributed by atoms with Gasteiger partial charge in [0.15, 0.2) is 11.5 Å². The van der Waals surface area contributed by atoms with Crippen LogP contribution in [-0.4, -0.2) is 48.6 Å². The minimum Gasteiger partial charge on any atom is -0.493 e. The normalized spacial score (nSPS) is 19.4. The van der Waals surface area contributed by atoms with Gasteiger partial charge in [-0.05, 0) is 37.6 Å². The van der Waals surface area contributed by atoms with Crippen molar-refractivity contribution in [2.75, 3.05) is 14.2 Å². The number of amidine groups is 1. The summed E-state index contributed by atoms with van der Waals surface area (Å²) in [5.74, 6) is -2.23. The number of hydrogen-bond acceptors (Lipinski definition) is 5. The first kappa shape index (κ1) is 23.1. The Hall–Kier alpha value is -3.56. The van der Waals surface area contributed by atoms with E-state index in [-0.39, 0.29) is 17.1 Å². The van der Waals surface area contributed by atoms with Crippen molar-refractivity contribution in [1.82, 2.24) is 10.2 Å². The van der Waals surface area contributed by atoms with Gasteiger partial charge in [0.05, 0.1) is 20.3 Å². The number of nitrogens with one attached hydrogen (secondary N) is 1. The Labute approximate surface area is 182 Å². The highest BCUT2D eigenvalue weighted by molar-refractivity contribution is 6.10. The van der Waals surface area contributed by atoms with Crippen LogP contribution in [0.1, 0.15) is 35.8 Å². The van der Waals surface area contributed by atoms with E-state index in [0.717, 1.165) is 4.90 Å². The summed E-state index contributed by atoms with van der Waals surface area (Å²) in [6.07, 6.45) is -5.18. The molecule has 0 saturated heterocycles. The highest BCUT2D eigenvalue weighted by Gasteiger charge is 2.67. The summed E-state index contributed by atoms with van der Waals surface area (Å²) in [4.78, 5) is 30.5. The van der Waals surface area contributed by atoms with Gasteiger partial charge in [-0.1, -0.05) is 30.3 Å². The number of benzene rings is 2. The minimum atomic E-state index is -5.18. The van der Waals surface area contributed by atoms with Gasteiger partial charge in [0.2, 0.25) is 0 Å². The molecule has 0 radical (unpaired) electrons. The van der Waals surface area contributed by atoms with Gasteiger partial charge in [-0.15, -0.1) is 0 Å². The summed E-state index contributed by atoms with van der Waals surface area (Å²) >= 11 is 0. The number of alkyl halides is 3. The molecule has 2 aromatic rings. The number of amides is 2. The number of halogens is 3. The quantitative estimate of drug-likeness (QED) is 0.729. The molecule has 2 unspecified atom stereocenters. The minimum absolute atomic E-state index is 0.151. The number of rotatable bonds is 6. The molecule has 3 rings (SSSR count). The lowest BCUT2D eigenvalue weighted by Crippen LogP contribution is -2.63. The fourth-order valence-corrected chi connectivity index (χ4v) is 3.55. The van der Waals surface area contributed by atoms with Gasteiger partial charge in [-0.3, -0.25) is 14.5 Å². The highest BCUT2D eigenvalue weighted by atomic mass is 19.4. The van der Waals surface area contributed by atoms with Crippen LogP contribution in [0.2, 0.25) is 0 Å². The molecule has 1 aliphatic heterocycles. The first-order valence-corrected chi connectivity index (χ1v) is 9.62. The van der Waals surface area contributed by atoms with Gasteiger partial charge in [-0.2, -0.15) is 13.2 Å². The Morgan fingerprint density at radius 2 is 1.72 bits per heavy atom. The SMILES string of the molecule is COc1ccc(C(=O)NC2(C(F)(F)F)N=C(C)N(C(C)c3ccccc3)C2=O)cc1OC. The zero-order valence-electron chi connectivity index (χ0n) is 17.9. The highest BCUT2D eigenvalue weighted by Crippen LogP contribution is 2.40. The van der Waals surface area contributed by atoms with Crippen molar-refractivity contribution in [2.24, 2.45) is 4.99 Å². The smallest absolute Gasteiger partial charge is 0.442 e. The lowest BCUT2D eigenvalue weighted by Gasteiger charge is -2.31. The molecule has 0 saturated carbocycles. The van der Waals surface area contributed by atoms with Crippen LogP contribution in [0, 0.1) is 0 Å². The molecule has 2 amide bonds. The number of aliphatic imine (C=N–C) groups is 1. The zero-order valence-corrected chi connectivity index (χ0v) is 17.9. The van der Waals surface area contributed by atoms with E-state index in [9.17, 15) is 22.8 Å². The number of ether oxygens (including phenoxy) is 2. The molecule has 0 bridgehead atoms. The lowest BCUT2D eigenvalue weighted by atomic mass is 10.0. The second-order valence-corrected chi connectivity index (χ2v) is 7.15. The Morgan fingerprint density at radius 3 is 2.28 bits per heavy atom. The van der Waals surface area contributed by atoms with Crippen LogP contribution in [0.5, 0.6) is 11.5 Å². The summed E-state index contributed by atoms with van der Waals surface area (Å²) in [5, 5.41) is 1.81. The Bertz CT molecular complexity index is 1060. The summed E-state index contributed by atoms with van der Waals surface area (Å²) in [5.41, 5.74) is -2.97. The maximum absolute atomic E-state index is 14.2. The van der Waals surface area contributed by atoms with E-state index >= 15 is 0 Å². The third kappa shape index (κ3) is 3.88. The van der Waals surface area contributed by atoms with Crippen molar-refractivity contribution < 1.29 is 32.2 Å². The molecule has 10 heteroatoms. The molecule has 0 aromatic heterocycles.